The Balaban J connectivity index is 2.48. The molecule has 0 fully saturated rings. The highest BCUT2D eigenvalue weighted by atomic mass is 16.5. The topological polar surface area (TPSA) is 41.5 Å². The Morgan fingerprint density at radius 3 is 2.94 bits per heavy atom. The third-order valence-corrected chi connectivity index (χ3v) is 2.21. The van der Waals surface area contributed by atoms with Gasteiger partial charge in [-0.05, 0) is 25.1 Å². The van der Waals surface area contributed by atoms with Crippen molar-refractivity contribution in [1.29, 1.82) is 0 Å². The molecule has 0 saturated carbocycles. The molecule has 0 aliphatic heterocycles. The Kier molecular flexibility index (Phi) is 5.24. The number of phenolic OH excluding ortho intramolecular Hbond substituents is 1. The highest BCUT2D eigenvalue weighted by Crippen LogP contribution is 2.22. The van der Waals surface area contributed by atoms with E-state index in [1.54, 1.807) is 19.2 Å². The maximum absolute atomic E-state index is 9.61. The number of ether oxygens (including phenoxy) is 1. The van der Waals surface area contributed by atoms with Crippen LogP contribution in [-0.2, 0) is 6.54 Å². The van der Waals surface area contributed by atoms with Gasteiger partial charge in [0.15, 0.2) is 0 Å². The molecule has 1 aromatic rings. The van der Waals surface area contributed by atoms with E-state index >= 15 is 0 Å². The van der Waals surface area contributed by atoms with Crippen LogP contribution in [0, 0.1) is 11.8 Å². The molecule has 0 heterocycles. The molecule has 0 aromatic heterocycles. The number of hydrogen-bond donors (Lipinski definition) is 2. The second-order valence-electron chi connectivity index (χ2n) is 3.35. The van der Waals surface area contributed by atoms with Crippen LogP contribution in [0.3, 0.4) is 0 Å². The van der Waals surface area contributed by atoms with Gasteiger partial charge in [0.05, 0.1) is 7.11 Å². The lowest BCUT2D eigenvalue weighted by molar-refractivity contribution is 0.410. The van der Waals surface area contributed by atoms with Crippen molar-refractivity contribution in [3.8, 4) is 23.3 Å². The number of phenols is 1. The first-order valence-corrected chi connectivity index (χ1v) is 5.24. The van der Waals surface area contributed by atoms with E-state index in [-0.39, 0.29) is 5.75 Å². The zero-order valence-corrected chi connectivity index (χ0v) is 9.71. The first-order chi connectivity index (χ1) is 7.77. The molecule has 0 amide bonds. The van der Waals surface area contributed by atoms with Gasteiger partial charge in [0, 0.05) is 25.1 Å². The van der Waals surface area contributed by atoms with E-state index in [1.807, 2.05) is 13.0 Å². The molecule has 3 heteroatoms. The molecule has 1 rings (SSSR count). The van der Waals surface area contributed by atoms with Crippen LogP contribution >= 0.6 is 0 Å². The Hall–Kier alpha value is -1.66. The zero-order chi connectivity index (χ0) is 11.8. The van der Waals surface area contributed by atoms with E-state index in [4.69, 9.17) is 4.74 Å². The first kappa shape index (κ1) is 12.4. The molecule has 86 valence electrons. The third kappa shape index (κ3) is 3.84. The Bertz CT molecular complexity index is 391. The predicted molar refractivity (Wildman–Crippen MR) is 64.4 cm³/mol. The van der Waals surface area contributed by atoms with Gasteiger partial charge in [0.1, 0.15) is 11.5 Å². The number of hydrogen-bond acceptors (Lipinski definition) is 3. The molecule has 0 atom stereocenters. The van der Waals surface area contributed by atoms with Gasteiger partial charge in [-0.25, -0.2) is 0 Å². The van der Waals surface area contributed by atoms with Gasteiger partial charge in [0.25, 0.3) is 0 Å². The molecule has 2 N–H and O–H groups in total. The molecular formula is C13H17NO2. The fourth-order valence-electron chi connectivity index (χ4n) is 1.33. The molecule has 0 aliphatic rings. The van der Waals surface area contributed by atoms with E-state index in [0.29, 0.717) is 6.54 Å². The van der Waals surface area contributed by atoms with Gasteiger partial charge < -0.3 is 15.2 Å². The van der Waals surface area contributed by atoms with Crippen LogP contribution in [0.1, 0.15) is 18.9 Å². The van der Waals surface area contributed by atoms with Crippen molar-refractivity contribution in [2.75, 3.05) is 13.7 Å². The Morgan fingerprint density at radius 2 is 2.25 bits per heavy atom. The molecule has 0 radical (unpaired) electrons. The van der Waals surface area contributed by atoms with Crippen LogP contribution in [0.5, 0.6) is 11.5 Å². The van der Waals surface area contributed by atoms with Crippen LogP contribution in [0.4, 0.5) is 0 Å². The van der Waals surface area contributed by atoms with Crippen molar-refractivity contribution in [2.45, 2.75) is 19.9 Å². The van der Waals surface area contributed by atoms with E-state index in [1.165, 1.54) is 0 Å². The van der Waals surface area contributed by atoms with E-state index < -0.39 is 0 Å². The maximum atomic E-state index is 9.61. The minimum atomic E-state index is 0.287. The maximum Gasteiger partial charge on any atom is 0.120 e. The second-order valence-corrected chi connectivity index (χ2v) is 3.35. The average molecular weight is 219 g/mol. The van der Waals surface area contributed by atoms with Gasteiger partial charge in [-0.15, -0.1) is 11.8 Å². The number of methoxy groups -OCH3 is 1. The summed E-state index contributed by atoms with van der Waals surface area (Å²) >= 11 is 0. The molecule has 0 bridgehead atoms. The fourth-order valence-corrected chi connectivity index (χ4v) is 1.33. The normalized spacial score (nSPS) is 9.38. The number of nitrogens with one attached hydrogen (secondary N) is 1. The highest BCUT2D eigenvalue weighted by molar-refractivity contribution is 5.39. The van der Waals surface area contributed by atoms with Gasteiger partial charge in [-0.1, -0.05) is 0 Å². The van der Waals surface area contributed by atoms with Gasteiger partial charge in [-0.2, -0.15) is 0 Å². The summed E-state index contributed by atoms with van der Waals surface area (Å²) in [7, 11) is 1.61. The summed E-state index contributed by atoms with van der Waals surface area (Å²) in [6.07, 6.45) is 0.821. The van der Waals surface area contributed by atoms with Gasteiger partial charge in [-0.3, -0.25) is 0 Å². The predicted octanol–water partition coefficient (Wildman–Crippen LogP) is 1.90. The van der Waals surface area contributed by atoms with Crippen LogP contribution in [-0.4, -0.2) is 18.8 Å². The van der Waals surface area contributed by atoms with Crippen molar-refractivity contribution in [3.63, 3.8) is 0 Å². The summed E-state index contributed by atoms with van der Waals surface area (Å²) in [6.45, 7) is 3.26. The van der Waals surface area contributed by atoms with Crippen molar-refractivity contribution < 1.29 is 9.84 Å². The molecule has 0 unspecified atom stereocenters. The summed E-state index contributed by atoms with van der Waals surface area (Å²) in [5.74, 6) is 6.85. The monoisotopic (exact) mass is 219 g/mol. The van der Waals surface area contributed by atoms with Crippen LogP contribution in [0.15, 0.2) is 18.2 Å². The zero-order valence-electron chi connectivity index (χ0n) is 9.71. The van der Waals surface area contributed by atoms with Crippen LogP contribution < -0.4 is 10.1 Å². The standard InChI is InChI=1S/C13H17NO2/c1-3-4-5-8-14-10-11-9-12(16-2)6-7-13(11)15/h6-7,9,14-15H,5,8,10H2,1-2H3. The van der Waals surface area contributed by atoms with Crippen molar-refractivity contribution in [2.24, 2.45) is 0 Å². The highest BCUT2D eigenvalue weighted by Gasteiger charge is 2.02. The van der Waals surface area contributed by atoms with Crippen molar-refractivity contribution >= 4 is 0 Å². The lowest BCUT2D eigenvalue weighted by Crippen LogP contribution is -2.14. The summed E-state index contributed by atoms with van der Waals surface area (Å²) in [6, 6.07) is 5.21. The van der Waals surface area contributed by atoms with E-state index in [0.717, 1.165) is 24.3 Å². The van der Waals surface area contributed by atoms with E-state index in [9.17, 15) is 5.11 Å². The largest absolute Gasteiger partial charge is 0.508 e. The Morgan fingerprint density at radius 1 is 1.44 bits per heavy atom. The molecule has 0 saturated heterocycles. The molecule has 3 nitrogen and oxygen atoms in total. The average Bonchev–Trinajstić information content (AvgIpc) is 2.31. The minimum absolute atomic E-state index is 0.287. The summed E-state index contributed by atoms with van der Waals surface area (Å²) in [4.78, 5) is 0. The molecule has 1 aromatic carbocycles. The van der Waals surface area contributed by atoms with Crippen molar-refractivity contribution in [3.05, 3.63) is 23.8 Å². The van der Waals surface area contributed by atoms with Gasteiger partial charge in [0.2, 0.25) is 0 Å². The van der Waals surface area contributed by atoms with Crippen LogP contribution in [0.2, 0.25) is 0 Å². The summed E-state index contributed by atoms with van der Waals surface area (Å²) < 4.78 is 5.09. The Labute approximate surface area is 96.4 Å². The van der Waals surface area contributed by atoms with Gasteiger partial charge >= 0.3 is 0 Å². The first-order valence-electron chi connectivity index (χ1n) is 5.24. The lowest BCUT2D eigenvalue weighted by atomic mass is 10.2. The second kappa shape index (κ2) is 6.76. The van der Waals surface area contributed by atoms with Crippen molar-refractivity contribution in [1.82, 2.24) is 5.32 Å². The third-order valence-electron chi connectivity index (χ3n) is 2.21. The summed E-state index contributed by atoms with van der Waals surface area (Å²) in [5.41, 5.74) is 0.837. The molecule has 0 aliphatic carbocycles. The fraction of sp³-hybridized carbons (Fsp3) is 0.385. The molecular weight excluding hydrogens is 202 g/mol. The lowest BCUT2D eigenvalue weighted by Gasteiger charge is -2.07. The smallest absolute Gasteiger partial charge is 0.120 e. The summed E-state index contributed by atoms with van der Waals surface area (Å²) in [5, 5.41) is 12.8. The number of rotatable bonds is 5. The quantitative estimate of drug-likeness (QED) is 0.587. The molecule has 16 heavy (non-hydrogen) atoms. The van der Waals surface area contributed by atoms with Crippen LogP contribution in [0.25, 0.3) is 0 Å². The SMILES string of the molecule is CC#CCCNCc1cc(OC)ccc1O. The number of benzene rings is 1. The van der Waals surface area contributed by atoms with E-state index in [2.05, 4.69) is 17.2 Å². The molecule has 0 spiro atoms. The minimum Gasteiger partial charge on any atom is -0.508 e. The number of aromatic hydroxyl groups is 1.